The molecule has 2 nitrogen and oxygen atoms in total. The molecule has 0 heterocycles. The van der Waals surface area contributed by atoms with Gasteiger partial charge in [-0.3, -0.25) is 0 Å². The van der Waals surface area contributed by atoms with Gasteiger partial charge in [-0.2, -0.15) is 0 Å². The van der Waals surface area contributed by atoms with Gasteiger partial charge in [-0.15, -0.1) is 0 Å². The van der Waals surface area contributed by atoms with Gasteiger partial charge >= 0.3 is 0 Å². The lowest BCUT2D eigenvalue weighted by Gasteiger charge is -2.29. The first-order chi connectivity index (χ1) is 13.9. The predicted molar refractivity (Wildman–Crippen MR) is 123 cm³/mol. The van der Waals surface area contributed by atoms with Crippen LogP contribution in [0, 0.1) is 0 Å². The van der Waals surface area contributed by atoms with Crippen LogP contribution in [0.2, 0.25) is 0 Å². The highest BCUT2D eigenvalue weighted by atomic mass is 16.5. The van der Waals surface area contributed by atoms with E-state index in [4.69, 9.17) is 9.47 Å². The first-order valence-electron chi connectivity index (χ1n) is 13.1. The van der Waals surface area contributed by atoms with Crippen LogP contribution >= 0.6 is 0 Å². The lowest BCUT2D eigenvalue weighted by Crippen LogP contribution is -2.28. The van der Waals surface area contributed by atoms with E-state index in [9.17, 15) is 0 Å². The van der Waals surface area contributed by atoms with Crippen LogP contribution in [-0.2, 0) is 9.47 Å². The molecular formula is C26H52O2. The molecule has 0 N–H and O–H groups in total. The fourth-order valence-corrected chi connectivity index (χ4v) is 4.38. The standard InChI is InChI=1S/C26H52O2/c1-3-5-7-9-11-13-15-17-22-27-25-20-19-21-26(24-25)28-23-18-16-14-12-10-8-6-4-2/h25-26H,3-24H2,1-2H3. The van der Waals surface area contributed by atoms with E-state index < -0.39 is 0 Å². The molecule has 0 bridgehead atoms. The molecule has 1 aliphatic rings. The Labute approximate surface area is 177 Å². The minimum atomic E-state index is 0.460. The Morgan fingerprint density at radius 2 is 0.857 bits per heavy atom. The molecule has 2 unspecified atom stereocenters. The Kier molecular flexibility index (Phi) is 18.7. The van der Waals surface area contributed by atoms with E-state index in [0.29, 0.717) is 12.2 Å². The van der Waals surface area contributed by atoms with Crippen molar-refractivity contribution in [1.29, 1.82) is 0 Å². The van der Waals surface area contributed by atoms with Gasteiger partial charge in [-0.1, -0.05) is 104 Å². The van der Waals surface area contributed by atoms with Gasteiger partial charge in [0.2, 0.25) is 0 Å². The Bertz CT molecular complexity index is 277. The van der Waals surface area contributed by atoms with E-state index in [1.807, 2.05) is 0 Å². The Balaban J connectivity index is 1.88. The van der Waals surface area contributed by atoms with Crippen molar-refractivity contribution >= 4 is 0 Å². The number of rotatable bonds is 20. The van der Waals surface area contributed by atoms with Crippen molar-refractivity contribution in [1.82, 2.24) is 0 Å². The number of ether oxygens (including phenoxy) is 2. The first-order valence-corrected chi connectivity index (χ1v) is 13.1. The highest BCUT2D eigenvalue weighted by Gasteiger charge is 2.22. The van der Waals surface area contributed by atoms with Crippen LogP contribution in [0.4, 0.5) is 0 Å². The average Bonchev–Trinajstić information content (AvgIpc) is 2.72. The highest BCUT2D eigenvalue weighted by Crippen LogP contribution is 2.24. The van der Waals surface area contributed by atoms with Crippen molar-refractivity contribution in [2.45, 2.75) is 154 Å². The van der Waals surface area contributed by atoms with Gasteiger partial charge in [0, 0.05) is 13.2 Å². The molecule has 0 aromatic carbocycles. The Morgan fingerprint density at radius 3 is 1.25 bits per heavy atom. The van der Waals surface area contributed by atoms with E-state index in [-0.39, 0.29) is 0 Å². The van der Waals surface area contributed by atoms with Crippen LogP contribution in [0.5, 0.6) is 0 Å². The zero-order valence-electron chi connectivity index (χ0n) is 19.5. The highest BCUT2D eigenvalue weighted by molar-refractivity contribution is 4.74. The summed E-state index contributed by atoms with van der Waals surface area (Å²) in [5.41, 5.74) is 0. The first kappa shape index (κ1) is 26.0. The van der Waals surface area contributed by atoms with Crippen LogP contribution in [0.3, 0.4) is 0 Å². The molecule has 0 aromatic heterocycles. The SMILES string of the molecule is CCCCCCCCCCOC1CCCC(OCCCCCCCCCC)C1. The second-order valence-corrected chi connectivity index (χ2v) is 9.10. The summed E-state index contributed by atoms with van der Waals surface area (Å²) in [5, 5.41) is 0. The summed E-state index contributed by atoms with van der Waals surface area (Å²) in [5.74, 6) is 0. The third-order valence-electron chi connectivity index (χ3n) is 6.28. The van der Waals surface area contributed by atoms with Crippen molar-refractivity contribution in [3.8, 4) is 0 Å². The maximum atomic E-state index is 6.17. The van der Waals surface area contributed by atoms with Gasteiger partial charge in [0.05, 0.1) is 12.2 Å². The van der Waals surface area contributed by atoms with E-state index in [2.05, 4.69) is 13.8 Å². The Morgan fingerprint density at radius 1 is 0.500 bits per heavy atom. The smallest absolute Gasteiger partial charge is 0.0599 e. The molecule has 0 aliphatic heterocycles. The van der Waals surface area contributed by atoms with Gasteiger partial charge in [0.1, 0.15) is 0 Å². The summed E-state index contributed by atoms with van der Waals surface area (Å²) in [6, 6.07) is 0. The minimum Gasteiger partial charge on any atom is -0.378 e. The maximum Gasteiger partial charge on any atom is 0.0599 e. The van der Waals surface area contributed by atoms with E-state index in [1.165, 1.54) is 122 Å². The molecule has 2 heteroatoms. The average molecular weight is 397 g/mol. The molecular weight excluding hydrogens is 344 g/mol. The molecule has 0 aromatic rings. The molecule has 168 valence electrons. The molecule has 1 fully saturated rings. The third kappa shape index (κ3) is 15.8. The number of unbranched alkanes of at least 4 members (excludes halogenated alkanes) is 14. The van der Waals surface area contributed by atoms with Gasteiger partial charge in [0.25, 0.3) is 0 Å². The molecule has 1 aliphatic carbocycles. The molecule has 0 spiro atoms. The summed E-state index contributed by atoms with van der Waals surface area (Å²) in [4.78, 5) is 0. The largest absolute Gasteiger partial charge is 0.378 e. The van der Waals surface area contributed by atoms with Gasteiger partial charge in [-0.05, 0) is 38.5 Å². The summed E-state index contributed by atoms with van der Waals surface area (Å²) >= 11 is 0. The van der Waals surface area contributed by atoms with Crippen LogP contribution < -0.4 is 0 Å². The topological polar surface area (TPSA) is 18.5 Å². The zero-order valence-corrected chi connectivity index (χ0v) is 19.5. The van der Waals surface area contributed by atoms with Crippen molar-refractivity contribution in [2.75, 3.05) is 13.2 Å². The second-order valence-electron chi connectivity index (χ2n) is 9.10. The van der Waals surface area contributed by atoms with Crippen LogP contribution in [0.1, 0.15) is 142 Å². The summed E-state index contributed by atoms with van der Waals surface area (Å²) in [6.45, 7) is 6.50. The fourth-order valence-electron chi connectivity index (χ4n) is 4.38. The molecule has 1 rings (SSSR count). The quantitative estimate of drug-likeness (QED) is 0.192. The number of hydrogen-bond acceptors (Lipinski definition) is 2. The Hall–Kier alpha value is -0.0800. The zero-order chi connectivity index (χ0) is 20.1. The van der Waals surface area contributed by atoms with Crippen molar-refractivity contribution < 1.29 is 9.47 Å². The summed E-state index contributed by atoms with van der Waals surface area (Å²) in [7, 11) is 0. The minimum absolute atomic E-state index is 0.460. The fraction of sp³-hybridized carbons (Fsp3) is 1.00. The summed E-state index contributed by atoms with van der Waals surface area (Å²) < 4.78 is 12.3. The molecule has 0 saturated heterocycles. The van der Waals surface area contributed by atoms with Crippen molar-refractivity contribution in [3.63, 3.8) is 0 Å². The molecule has 0 radical (unpaired) electrons. The molecule has 28 heavy (non-hydrogen) atoms. The van der Waals surface area contributed by atoms with Crippen LogP contribution in [0.25, 0.3) is 0 Å². The lowest BCUT2D eigenvalue weighted by molar-refractivity contribution is -0.0460. The van der Waals surface area contributed by atoms with Gasteiger partial charge < -0.3 is 9.47 Å². The van der Waals surface area contributed by atoms with E-state index in [1.54, 1.807) is 0 Å². The number of hydrogen-bond donors (Lipinski definition) is 0. The normalized spacial score (nSPS) is 19.9. The second kappa shape index (κ2) is 20.2. The van der Waals surface area contributed by atoms with Crippen molar-refractivity contribution in [2.24, 2.45) is 0 Å². The monoisotopic (exact) mass is 396 g/mol. The van der Waals surface area contributed by atoms with E-state index in [0.717, 1.165) is 19.6 Å². The van der Waals surface area contributed by atoms with E-state index >= 15 is 0 Å². The molecule has 2 atom stereocenters. The van der Waals surface area contributed by atoms with Gasteiger partial charge in [-0.25, -0.2) is 0 Å². The van der Waals surface area contributed by atoms with Crippen LogP contribution in [0.15, 0.2) is 0 Å². The predicted octanol–water partition coefficient (Wildman–Crippen LogP) is 8.61. The summed E-state index contributed by atoms with van der Waals surface area (Å²) in [6.07, 6.45) is 27.8. The maximum absolute atomic E-state index is 6.17. The lowest BCUT2D eigenvalue weighted by atomic mass is 9.95. The van der Waals surface area contributed by atoms with Gasteiger partial charge in [0.15, 0.2) is 0 Å². The molecule has 0 amide bonds. The third-order valence-corrected chi connectivity index (χ3v) is 6.28. The molecule has 1 saturated carbocycles. The van der Waals surface area contributed by atoms with Crippen molar-refractivity contribution in [3.05, 3.63) is 0 Å². The van der Waals surface area contributed by atoms with Crippen LogP contribution in [-0.4, -0.2) is 25.4 Å².